The molecule has 0 spiro atoms. The summed E-state index contributed by atoms with van der Waals surface area (Å²) in [5.74, 6) is 1.44. The lowest BCUT2D eigenvalue weighted by Crippen LogP contribution is -2.40. The summed E-state index contributed by atoms with van der Waals surface area (Å²) in [5, 5.41) is 0. The van der Waals surface area contributed by atoms with Crippen LogP contribution in [-0.2, 0) is 13.5 Å². The lowest BCUT2D eigenvalue weighted by atomic mass is 9.91. The number of rotatable bonds is 4. The molecule has 0 bridgehead atoms. The van der Waals surface area contributed by atoms with E-state index in [9.17, 15) is 4.79 Å². The average Bonchev–Trinajstić information content (AvgIpc) is 3.07. The molecule has 1 amide bonds. The molecule has 3 aromatic rings. The number of nitrogens with zero attached hydrogens (tertiary/aromatic N) is 6. The molecule has 1 aliphatic rings. The van der Waals surface area contributed by atoms with Crippen LogP contribution in [0.1, 0.15) is 40.3 Å². The number of carbonyl (C=O) groups excluding carboxylic acids is 1. The van der Waals surface area contributed by atoms with Crippen LogP contribution in [0.4, 0.5) is 0 Å². The van der Waals surface area contributed by atoms with E-state index >= 15 is 0 Å². The summed E-state index contributed by atoms with van der Waals surface area (Å²) in [5.41, 5.74) is 4.48. The fourth-order valence-corrected chi connectivity index (χ4v) is 3.96. The third-order valence-electron chi connectivity index (χ3n) is 5.78. The van der Waals surface area contributed by atoms with Gasteiger partial charge in [-0.3, -0.25) is 9.78 Å². The first-order chi connectivity index (χ1) is 14.0. The van der Waals surface area contributed by atoms with Crippen LogP contribution in [0.3, 0.4) is 0 Å². The Bertz CT molecular complexity index is 1010. The fraction of sp³-hybridized carbons (Fsp3) is 0.409. The van der Waals surface area contributed by atoms with Crippen LogP contribution < -0.4 is 0 Å². The standard InChI is InChI=1S/C22H26N6O/c1-15-19(11-23-14-26-15)22(29)28-8-4-5-18(13-28)9-17-6-7-20(25-10-17)21-12-24-16(2)27(21)3/h6-7,10-12,14,18H,4-5,8-9,13H2,1-3H3. The highest BCUT2D eigenvalue weighted by molar-refractivity contribution is 5.94. The predicted octanol–water partition coefficient (Wildman–Crippen LogP) is 2.98. The molecule has 4 heterocycles. The topological polar surface area (TPSA) is 76.8 Å². The highest BCUT2D eigenvalue weighted by Gasteiger charge is 2.26. The second-order valence-electron chi connectivity index (χ2n) is 7.79. The van der Waals surface area contributed by atoms with Gasteiger partial charge >= 0.3 is 0 Å². The SMILES string of the molecule is Cc1ncncc1C(=O)N1CCCC(Cc2ccc(-c3cnc(C)n3C)nc2)C1. The van der Waals surface area contributed by atoms with Crippen LogP contribution in [0.25, 0.3) is 11.4 Å². The summed E-state index contributed by atoms with van der Waals surface area (Å²) >= 11 is 0. The van der Waals surface area contributed by atoms with Crippen molar-refractivity contribution in [1.82, 2.24) is 29.4 Å². The summed E-state index contributed by atoms with van der Waals surface area (Å²) < 4.78 is 2.04. The molecule has 1 unspecified atom stereocenters. The highest BCUT2D eigenvalue weighted by Crippen LogP contribution is 2.24. The molecule has 7 heteroatoms. The van der Waals surface area contributed by atoms with E-state index in [-0.39, 0.29) is 5.91 Å². The number of carbonyl (C=O) groups is 1. The smallest absolute Gasteiger partial charge is 0.257 e. The Morgan fingerprint density at radius 2 is 2.00 bits per heavy atom. The molecule has 0 N–H and O–H groups in total. The van der Waals surface area contributed by atoms with Crippen molar-refractivity contribution in [2.75, 3.05) is 13.1 Å². The van der Waals surface area contributed by atoms with Crippen molar-refractivity contribution in [2.45, 2.75) is 33.1 Å². The summed E-state index contributed by atoms with van der Waals surface area (Å²) in [6, 6.07) is 4.20. The van der Waals surface area contributed by atoms with Gasteiger partial charge in [0.2, 0.25) is 0 Å². The van der Waals surface area contributed by atoms with Gasteiger partial charge in [0.15, 0.2) is 0 Å². The Balaban J connectivity index is 1.42. The van der Waals surface area contributed by atoms with Crippen molar-refractivity contribution in [2.24, 2.45) is 13.0 Å². The first-order valence-corrected chi connectivity index (χ1v) is 10.0. The first kappa shape index (κ1) is 19.2. The van der Waals surface area contributed by atoms with Crippen LogP contribution in [-0.4, -0.2) is 48.4 Å². The molecule has 0 saturated carbocycles. The first-order valence-electron chi connectivity index (χ1n) is 10.0. The average molecular weight is 390 g/mol. The molecule has 1 atom stereocenters. The second kappa shape index (κ2) is 8.11. The molecule has 1 fully saturated rings. The van der Waals surface area contributed by atoms with E-state index in [1.807, 2.05) is 42.8 Å². The van der Waals surface area contributed by atoms with E-state index in [4.69, 9.17) is 0 Å². The van der Waals surface area contributed by atoms with E-state index in [1.54, 1.807) is 6.20 Å². The van der Waals surface area contributed by atoms with E-state index in [1.165, 1.54) is 11.9 Å². The highest BCUT2D eigenvalue weighted by atomic mass is 16.2. The minimum absolute atomic E-state index is 0.0350. The summed E-state index contributed by atoms with van der Waals surface area (Å²) in [7, 11) is 2.00. The molecule has 4 rings (SSSR count). The second-order valence-corrected chi connectivity index (χ2v) is 7.79. The van der Waals surface area contributed by atoms with E-state index in [0.29, 0.717) is 11.5 Å². The van der Waals surface area contributed by atoms with Gasteiger partial charge < -0.3 is 9.47 Å². The molecule has 29 heavy (non-hydrogen) atoms. The van der Waals surface area contributed by atoms with Crippen molar-refractivity contribution < 1.29 is 4.79 Å². The third-order valence-corrected chi connectivity index (χ3v) is 5.78. The van der Waals surface area contributed by atoms with Crippen molar-refractivity contribution >= 4 is 5.91 Å². The maximum absolute atomic E-state index is 12.9. The Kier molecular flexibility index (Phi) is 5.38. The van der Waals surface area contributed by atoms with Gasteiger partial charge in [0.25, 0.3) is 5.91 Å². The van der Waals surface area contributed by atoms with Gasteiger partial charge in [0, 0.05) is 32.5 Å². The molecular formula is C22H26N6O. The Hall–Kier alpha value is -3.09. The molecule has 7 nitrogen and oxygen atoms in total. The number of amides is 1. The number of hydrogen-bond donors (Lipinski definition) is 0. The minimum Gasteiger partial charge on any atom is -0.338 e. The van der Waals surface area contributed by atoms with Gasteiger partial charge in [-0.15, -0.1) is 0 Å². The quantitative estimate of drug-likeness (QED) is 0.684. The molecular weight excluding hydrogens is 364 g/mol. The van der Waals surface area contributed by atoms with Crippen molar-refractivity contribution in [3.63, 3.8) is 0 Å². The zero-order chi connectivity index (χ0) is 20.4. The number of likely N-dealkylation sites (tertiary alicyclic amines) is 1. The molecule has 1 saturated heterocycles. The van der Waals surface area contributed by atoms with Gasteiger partial charge in [-0.05, 0) is 50.7 Å². The van der Waals surface area contributed by atoms with Crippen LogP contribution >= 0.6 is 0 Å². The van der Waals surface area contributed by atoms with Crippen LogP contribution in [0, 0.1) is 19.8 Å². The lowest BCUT2D eigenvalue weighted by Gasteiger charge is -2.33. The predicted molar refractivity (Wildman–Crippen MR) is 110 cm³/mol. The summed E-state index contributed by atoms with van der Waals surface area (Å²) in [6.45, 7) is 5.39. The maximum Gasteiger partial charge on any atom is 0.257 e. The zero-order valence-corrected chi connectivity index (χ0v) is 17.2. The maximum atomic E-state index is 12.9. The van der Waals surface area contributed by atoms with Gasteiger partial charge in [-0.1, -0.05) is 6.07 Å². The summed E-state index contributed by atoms with van der Waals surface area (Å²) in [4.78, 5) is 32.0. The van der Waals surface area contributed by atoms with Crippen LogP contribution in [0.5, 0.6) is 0 Å². The number of pyridine rings is 1. The minimum atomic E-state index is 0.0350. The van der Waals surface area contributed by atoms with Crippen LogP contribution in [0.2, 0.25) is 0 Å². The molecule has 150 valence electrons. The molecule has 1 aliphatic heterocycles. The van der Waals surface area contributed by atoms with Crippen molar-refractivity contribution in [1.29, 1.82) is 0 Å². The third kappa shape index (κ3) is 4.04. The fourth-order valence-electron chi connectivity index (χ4n) is 3.96. The summed E-state index contributed by atoms with van der Waals surface area (Å²) in [6.07, 6.45) is 9.97. The molecule has 3 aromatic heterocycles. The van der Waals surface area contributed by atoms with E-state index in [0.717, 1.165) is 55.3 Å². The van der Waals surface area contributed by atoms with E-state index < -0.39 is 0 Å². The van der Waals surface area contributed by atoms with Gasteiger partial charge in [-0.25, -0.2) is 15.0 Å². The number of piperidine rings is 1. The van der Waals surface area contributed by atoms with E-state index in [2.05, 4.69) is 32.1 Å². The Labute approximate surface area is 170 Å². The number of aromatic nitrogens is 5. The largest absolute Gasteiger partial charge is 0.338 e. The molecule has 0 aliphatic carbocycles. The number of imidazole rings is 1. The molecule has 0 aromatic carbocycles. The van der Waals surface area contributed by atoms with Crippen molar-refractivity contribution in [3.05, 3.63) is 59.7 Å². The van der Waals surface area contributed by atoms with Crippen molar-refractivity contribution in [3.8, 4) is 11.4 Å². The number of aryl methyl sites for hydroxylation is 2. The Morgan fingerprint density at radius 3 is 2.69 bits per heavy atom. The number of hydrogen-bond acceptors (Lipinski definition) is 5. The Morgan fingerprint density at radius 1 is 1.14 bits per heavy atom. The normalized spacial score (nSPS) is 16.8. The monoisotopic (exact) mass is 390 g/mol. The van der Waals surface area contributed by atoms with Gasteiger partial charge in [0.05, 0.1) is 28.8 Å². The lowest BCUT2D eigenvalue weighted by molar-refractivity contribution is 0.0671. The van der Waals surface area contributed by atoms with Gasteiger partial charge in [-0.2, -0.15) is 0 Å². The molecule has 0 radical (unpaired) electrons. The van der Waals surface area contributed by atoms with Crippen LogP contribution in [0.15, 0.2) is 37.1 Å². The zero-order valence-electron chi connectivity index (χ0n) is 17.2. The van der Waals surface area contributed by atoms with Gasteiger partial charge in [0.1, 0.15) is 12.2 Å².